The van der Waals surface area contributed by atoms with Gasteiger partial charge in [0.05, 0.1) is 27.5 Å². The highest BCUT2D eigenvalue weighted by Crippen LogP contribution is 2.37. The number of amides is 1. The third-order valence-corrected chi connectivity index (χ3v) is 4.42. The molecule has 0 aliphatic carbocycles. The van der Waals surface area contributed by atoms with Crippen molar-refractivity contribution >= 4 is 12.1 Å². The molecule has 0 aliphatic heterocycles. The van der Waals surface area contributed by atoms with Gasteiger partial charge < -0.3 is 18.9 Å². The van der Waals surface area contributed by atoms with Gasteiger partial charge in [0.1, 0.15) is 5.75 Å². The lowest BCUT2D eigenvalue weighted by Gasteiger charge is -2.12. The molecule has 0 unspecified atom stereocenters. The Labute approximate surface area is 181 Å². The van der Waals surface area contributed by atoms with E-state index in [0.29, 0.717) is 28.6 Å². The molecular weight excluding hydrogens is 396 g/mol. The van der Waals surface area contributed by atoms with E-state index in [9.17, 15) is 4.79 Å². The van der Waals surface area contributed by atoms with Crippen molar-refractivity contribution in [3.63, 3.8) is 0 Å². The molecule has 3 rings (SSSR count). The fraction of sp³-hybridized carbons (Fsp3) is 0.167. The lowest BCUT2D eigenvalue weighted by molar-refractivity contribution is -0.123. The van der Waals surface area contributed by atoms with Gasteiger partial charge in [-0.05, 0) is 35.4 Å². The van der Waals surface area contributed by atoms with Crippen LogP contribution >= 0.6 is 0 Å². The number of benzene rings is 3. The monoisotopic (exact) mass is 420 g/mol. The van der Waals surface area contributed by atoms with Crippen LogP contribution in [0.4, 0.5) is 0 Å². The first-order valence-electron chi connectivity index (χ1n) is 9.54. The Hall–Kier alpha value is -4.00. The van der Waals surface area contributed by atoms with Crippen molar-refractivity contribution in [2.24, 2.45) is 5.10 Å². The Balaban J connectivity index is 1.54. The Morgan fingerprint density at radius 2 is 1.48 bits per heavy atom. The third kappa shape index (κ3) is 5.76. The zero-order valence-electron chi connectivity index (χ0n) is 17.6. The molecule has 0 fully saturated rings. The Kier molecular flexibility index (Phi) is 7.48. The van der Waals surface area contributed by atoms with Crippen LogP contribution in [0.15, 0.2) is 71.8 Å². The fourth-order valence-corrected chi connectivity index (χ4v) is 2.91. The number of nitrogens with one attached hydrogen (secondary N) is 1. The lowest BCUT2D eigenvalue weighted by Crippen LogP contribution is -2.24. The molecule has 0 atom stereocenters. The largest absolute Gasteiger partial charge is 0.493 e. The van der Waals surface area contributed by atoms with E-state index < -0.39 is 0 Å². The normalized spacial score (nSPS) is 10.5. The minimum absolute atomic E-state index is 0.155. The molecule has 160 valence electrons. The van der Waals surface area contributed by atoms with Crippen molar-refractivity contribution in [3.8, 4) is 34.1 Å². The molecule has 0 saturated heterocycles. The average molecular weight is 420 g/mol. The Bertz CT molecular complexity index is 1010. The smallest absolute Gasteiger partial charge is 0.277 e. The predicted octanol–water partition coefficient (Wildman–Crippen LogP) is 3.91. The first kappa shape index (κ1) is 21.7. The number of carbonyl (C=O) groups excluding carboxylic acids is 1. The summed E-state index contributed by atoms with van der Waals surface area (Å²) in [6, 6.07) is 21.0. The summed E-state index contributed by atoms with van der Waals surface area (Å²) < 4.78 is 21.4. The van der Waals surface area contributed by atoms with E-state index >= 15 is 0 Å². The summed E-state index contributed by atoms with van der Waals surface area (Å²) in [5.74, 6) is 1.70. The number of hydrogen-bond donors (Lipinski definition) is 1. The second kappa shape index (κ2) is 10.7. The summed E-state index contributed by atoms with van der Waals surface area (Å²) in [6.45, 7) is -0.155. The van der Waals surface area contributed by atoms with Gasteiger partial charge in [0.25, 0.3) is 5.91 Å². The molecule has 1 amide bonds. The van der Waals surface area contributed by atoms with E-state index in [4.69, 9.17) is 18.9 Å². The first-order chi connectivity index (χ1) is 15.1. The molecule has 0 bridgehead atoms. The summed E-state index contributed by atoms with van der Waals surface area (Å²) >= 11 is 0. The minimum Gasteiger partial charge on any atom is -0.493 e. The van der Waals surface area contributed by atoms with Crippen LogP contribution in [-0.4, -0.2) is 40.1 Å². The zero-order chi connectivity index (χ0) is 22.1. The van der Waals surface area contributed by atoms with Gasteiger partial charge in [0, 0.05) is 5.56 Å². The van der Waals surface area contributed by atoms with Crippen LogP contribution in [-0.2, 0) is 4.79 Å². The molecule has 0 radical (unpaired) electrons. The standard InChI is InChI=1S/C24H24N2O5/c1-28-21-13-17(14-22(29-2)24(21)30-3)15-25-26-23(27)16-31-20-11-9-19(10-12-20)18-7-5-4-6-8-18/h4-15H,16H2,1-3H3,(H,26,27)/b25-15-. The number of hydrogen-bond acceptors (Lipinski definition) is 6. The molecule has 1 N–H and O–H groups in total. The Morgan fingerprint density at radius 3 is 2.06 bits per heavy atom. The van der Waals surface area contributed by atoms with E-state index in [1.807, 2.05) is 54.6 Å². The molecular formula is C24H24N2O5. The van der Waals surface area contributed by atoms with Crippen molar-refractivity contribution in [2.75, 3.05) is 27.9 Å². The quantitative estimate of drug-likeness (QED) is 0.420. The third-order valence-electron chi connectivity index (χ3n) is 4.42. The second-order valence-electron chi connectivity index (χ2n) is 6.43. The first-order valence-corrected chi connectivity index (χ1v) is 9.54. The molecule has 0 heterocycles. The number of carbonyl (C=O) groups is 1. The van der Waals surface area contributed by atoms with Gasteiger partial charge in [0.2, 0.25) is 5.75 Å². The van der Waals surface area contributed by atoms with Crippen LogP contribution in [0.2, 0.25) is 0 Å². The maximum Gasteiger partial charge on any atom is 0.277 e. The molecule has 3 aromatic rings. The minimum atomic E-state index is -0.379. The molecule has 7 heteroatoms. The maximum absolute atomic E-state index is 12.0. The van der Waals surface area contributed by atoms with Crippen LogP contribution in [0.3, 0.4) is 0 Å². The topological polar surface area (TPSA) is 78.4 Å². The van der Waals surface area contributed by atoms with Gasteiger partial charge in [-0.15, -0.1) is 0 Å². The molecule has 0 spiro atoms. The van der Waals surface area contributed by atoms with Gasteiger partial charge in [-0.1, -0.05) is 42.5 Å². The molecule has 0 aromatic heterocycles. The highest BCUT2D eigenvalue weighted by Gasteiger charge is 2.12. The van der Waals surface area contributed by atoms with Crippen LogP contribution in [0, 0.1) is 0 Å². The summed E-state index contributed by atoms with van der Waals surface area (Å²) in [5.41, 5.74) is 5.30. The molecule has 3 aromatic carbocycles. The van der Waals surface area contributed by atoms with Gasteiger partial charge in [-0.3, -0.25) is 4.79 Å². The SMILES string of the molecule is COc1cc(/C=N\NC(=O)COc2ccc(-c3ccccc3)cc2)cc(OC)c1OC. The highest BCUT2D eigenvalue weighted by molar-refractivity contribution is 5.84. The Morgan fingerprint density at radius 1 is 0.871 bits per heavy atom. The van der Waals surface area contributed by atoms with Gasteiger partial charge in [0.15, 0.2) is 18.1 Å². The maximum atomic E-state index is 12.0. The van der Waals surface area contributed by atoms with Crippen LogP contribution in [0.1, 0.15) is 5.56 Å². The van der Waals surface area contributed by atoms with Gasteiger partial charge >= 0.3 is 0 Å². The number of rotatable bonds is 9. The van der Waals surface area contributed by atoms with Crippen molar-refractivity contribution < 1.29 is 23.7 Å². The van der Waals surface area contributed by atoms with Gasteiger partial charge in [-0.25, -0.2) is 5.43 Å². The molecule has 0 aliphatic rings. The van der Waals surface area contributed by atoms with Crippen LogP contribution in [0.5, 0.6) is 23.0 Å². The zero-order valence-corrected chi connectivity index (χ0v) is 17.6. The average Bonchev–Trinajstić information content (AvgIpc) is 2.83. The van der Waals surface area contributed by atoms with Crippen LogP contribution < -0.4 is 24.4 Å². The van der Waals surface area contributed by atoms with Crippen molar-refractivity contribution in [1.29, 1.82) is 0 Å². The summed E-state index contributed by atoms with van der Waals surface area (Å²) in [6.07, 6.45) is 1.48. The van der Waals surface area contributed by atoms with Crippen molar-refractivity contribution in [1.82, 2.24) is 5.43 Å². The highest BCUT2D eigenvalue weighted by atomic mass is 16.5. The van der Waals surface area contributed by atoms with E-state index in [1.165, 1.54) is 27.5 Å². The number of methoxy groups -OCH3 is 3. The number of hydrazone groups is 1. The van der Waals surface area contributed by atoms with E-state index in [0.717, 1.165) is 11.1 Å². The van der Waals surface area contributed by atoms with Gasteiger partial charge in [-0.2, -0.15) is 5.10 Å². The summed E-state index contributed by atoms with van der Waals surface area (Å²) in [4.78, 5) is 12.0. The van der Waals surface area contributed by atoms with E-state index in [-0.39, 0.29) is 12.5 Å². The number of ether oxygens (including phenoxy) is 4. The fourth-order valence-electron chi connectivity index (χ4n) is 2.91. The molecule has 7 nitrogen and oxygen atoms in total. The van der Waals surface area contributed by atoms with Crippen molar-refractivity contribution in [3.05, 3.63) is 72.3 Å². The molecule has 31 heavy (non-hydrogen) atoms. The summed E-state index contributed by atoms with van der Waals surface area (Å²) in [7, 11) is 4.59. The van der Waals surface area contributed by atoms with E-state index in [2.05, 4.69) is 10.5 Å². The van der Waals surface area contributed by atoms with Crippen molar-refractivity contribution in [2.45, 2.75) is 0 Å². The lowest BCUT2D eigenvalue weighted by atomic mass is 10.1. The van der Waals surface area contributed by atoms with E-state index in [1.54, 1.807) is 12.1 Å². The summed E-state index contributed by atoms with van der Waals surface area (Å²) in [5, 5.41) is 3.96. The predicted molar refractivity (Wildman–Crippen MR) is 119 cm³/mol. The number of nitrogens with zero attached hydrogens (tertiary/aromatic N) is 1. The molecule has 0 saturated carbocycles. The van der Waals surface area contributed by atoms with Crippen LogP contribution in [0.25, 0.3) is 11.1 Å². The second-order valence-corrected chi connectivity index (χ2v) is 6.43.